The Bertz CT molecular complexity index is 308. The Hall–Kier alpha value is -1.40. The van der Waals surface area contributed by atoms with Crippen molar-refractivity contribution in [3.63, 3.8) is 0 Å². The van der Waals surface area contributed by atoms with Gasteiger partial charge in [0.1, 0.15) is 0 Å². The minimum atomic E-state index is -0.486. The number of hydrogen-bond acceptors (Lipinski definition) is 5. The molecule has 0 atom stereocenters. The first-order valence-electron chi connectivity index (χ1n) is 3.67. The molecule has 0 aliphatic rings. The van der Waals surface area contributed by atoms with Gasteiger partial charge in [0.25, 0.3) is 0 Å². The first kappa shape index (κ1) is 9.69. The number of nitrogens with zero attached hydrogens (tertiary/aromatic N) is 2. The zero-order valence-electron chi connectivity index (χ0n) is 7.44. The van der Waals surface area contributed by atoms with E-state index >= 15 is 0 Å². The molecule has 6 heteroatoms. The fourth-order valence-corrected chi connectivity index (χ4v) is 0.957. The van der Waals surface area contributed by atoms with Crippen molar-refractivity contribution in [2.24, 2.45) is 7.05 Å². The van der Waals surface area contributed by atoms with E-state index in [0.29, 0.717) is 5.69 Å². The van der Waals surface area contributed by atoms with Gasteiger partial charge in [-0.2, -0.15) is 10.6 Å². The van der Waals surface area contributed by atoms with Crippen molar-refractivity contribution in [2.75, 3.05) is 7.11 Å². The van der Waals surface area contributed by atoms with Gasteiger partial charge in [-0.15, -0.1) is 0 Å². The minimum absolute atomic E-state index is 0.232. The molecule has 0 aliphatic heterocycles. The molecule has 0 saturated heterocycles. The molecule has 1 aromatic rings. The molecule has 6 nitrogen and oxygen atoms in total. The first-order chi connectivity index (χ1) is 6.19. The number of hydroxylamine groups is 1. The predicted molar refractivity (Wildman–Crippen MR) is 43.2 cm³/mol. The molecule has 0 aromatic carbocycles. The fourth-order valence-electron chi connectivity index (χ4n) is 0.957. The van der Waals surface area contributed by atoms with E-state index in [2.05, 4.69) is 9.84 Å². The lowest BCUT2D eigenvalue weighted by Gasteiger charge is -1.96. The zero-order chi connectivity index (χ0) is 9.84. The number of rotatable bonds is 3. The standard InChI is InChI=1S/C7H11N3O3/c1-10-5(4-8-12)3-6(9-10)7(11)13-2/h3,8,12H,4H2,1-2H3. The molecule has 72 valence electrons. The molecule has 0 unspecified atom stereocenters. The maximum atomic E-state index is 11.0. The van der Waals surface area contributed by atoms with Crippen molar-refractivity contribution in [3.05, 3.63) is 17.5 Å². The van der Waals surface area contributed by atoms with Crippen LogP contribution in [0.3, 0.4) is 0 Å². The van der Waals surface area contributed by atoms with Gasteiger partial charge >= 0.3 is 5.97 Å². The summed E-state index contributed by atoms with van der Waals surface area (Å²) in [6.07, 6.45) is 0. The summed E-state index contributed by atoms with van der Waals surface area (Å²) < 4.78 is 5.98. The summed E-state index contributed by atoms with van der Waals surface area (Å²) in [6, 6.07) is 1.55. The van der Waals surface area contributed by atoms with E-state index in [1.54, 1.807) is 13.1 Å². The van der Waals surface area contributed by atoms with Gasteiger partial charge in [0.05, 0.1) is 19.3 Å². The third-order valence-corrected chi connectivity index (χ3v) is 1.63. The molecule has 0 bridgehead atoms. The number of nitrogens with one attached hydrogen (secondary N) is 1. The van der Waals surface area contributed by atoms with Crippen molar-refractivity contribution in [3.8, 4) is 0 Å². The molecule has 0 aliphatic carbocycles. The third kappa shape index (κ3) is 2.04. The average molecular weight is 185 g/mol. The average Bonchev–Trinajstić information content (AvgIpc) is 2.47. The summed E-state index contributed by atoms with van der Waals surface area (Å²) in [7, 11) is 2.97. The van der Waals surface area contributed by atoms with Crippen LogP contribution >= 0.6 is 0 Å². The highest BCUT2D eigenvalue weighted by molar-refractivity contribution is 5.87. The summed E-state index contributed by atoms with van der Waals surface area (Å²) in [5.41, 5.74) is 2.91. The molecular formula is C7H11N3O3. The second-order valence-corrected chi connectivity index (χ2v) is 2.47. The van der Waals surface area contributed by atoms with E-state index in [9.17, 15) is 4.79 Å². The second kappa shape index (κ2) is 4.01. The van der Waals surface area contributed by atoms with Crippen LogP contribution in [0, 0.1) is 0 Å². The lowest BCUT2D eigenvalue weighted by molar-refractivity contribution is 0.0593. The number of hydrogen-bond donors (Lipinski definition) is 2. The van der Waals surface area contributed by atoms with Crippen LogP contribution in [-0.4, -0.2) is 28.1 Å². The predicted octanol–water partition coefficient (Wildman–Crippen LogP) is -0.315. The highest BCUT2D eigenvalue weighted by Gasteiger charge is 2.11. The number of methoxy groups -OCH3 is 1. The Labute approximate surface area is 75.1 Å². The van der Waals surface area contributed by atoms with Gasteiger partial charge in [0.2, 0.25) is 0 Å². The summed E-state index contributed by atoms with van der Waals surface area (Å²) >= 11 is 0. The lowest BCUT2D eigenvalue weighted by Crippen LogP contribution is -2.10. The van der Waals surface area contributed by atoms with Crippen LogP contribution in [0.1, 0.15) is 16.2 Å². The highest BCUT2D eigenvalue weighted by Crippen LogP contribution is 2.03. The van der Waals surface area contributed by atoms with Gasteiger partial charge in [-0.25, -0.2) is 4.79 Å². The van der Waals surface area contributed by atoms with Crippen LogP contribution in [0.4, 0.5) is 0 Å². The number of carbonyl (C=O) groups excluding carboxylic acids is 1. The molecule has 0 radical (unpaired) electrons. The SMILES string of the molecule is COC(=O)c1cc(CNO)n(C)n1. The minimum Gasteiger partial charge on any atom is -0.464 e. The van der Waals surface area contributed by atoms with E-state index in [1.807, 2.05) is 5.48 Å². The van der Waals surface area contributed by atoms with Crippen LogP contribution in [0.15, 0.2) is 6.07 Å². The van der Waals surface area contributed by atoms with Crippen LogP contribution in [0.25, 0.3) is 0 Å². The van der Waals surface area contributed by atoms with E-state index in [4.69, 9.17) is 5.21 Å². The summed E-state index contributed by atoms with van der Waals surface area (Å²) in [6.45, 7) is 0.237. The highest BCUT2D eigenvalue weighted by atomic mass is 16.5. The summed E-state index contributed by atoms with van der Waals surface area (Å²) in [5.74, 6) is -0.486. The number of carbonyl (C=O) groups is 1. The maximum absolute atomic E-state index is 11.0. The Morgan fingerprint density at radius 1 is 1.85 bits per heavy atom. The van der Waals surface area contributed by atoms with Gasteiger partial charge in [-0.05, 0) is 6.07 Å². The van der Waals surface area contributed by atoms with Crippen molar-refractivity contribution in [1.82, 2.24) is 15.3 Å². The molecule has 1 aromatic heterocycles. The van der Waals surface area contributed by atoms with Crippen LogP contribution < -0.4 is 5.48 Å². The van der Waals surface area contributed by atoms with Crippen molar-refractivity contribution in [2.45, 2.75) is 6.54 Å². The van der Waals surface area contributed by atoms with E-state index < -0.39 is 5.97 Å². The molecule has 1 rings (SSSR count). The Morgan fingerprint density at radius 2 is 2.54 bits per heavy atom. The largest absolute Gasteiger partial charge is 0.464 e. The summed E-state index contributed by atoms with van der Waals surface area (Å²) in [5, 5.41) is 12.3. The normalized spacial score (nSPS) is 10.1. The second-order valence-electron chi connectivity index (χ2n) is 2.47. The summed E-state index contributed by atoms with van der Waals surface area (Å²) in [4.78, 5) is 11.0. The Kier molecular flexibility index (Phi) is 2.99. The van der Waals surface area contributed by atoms with Gasteiger partial charge in [0, 0.05) is 7.05 Å². The molecule has 1 heterocycles. The smallest absolute Gasteiger partial charge is 0.358 e. The Morgan fingerprint density at radius 3 is 3.08 bits per heavy atom. The van der Waals surface area contributed by atoms with Crippen LogP contribution in [-0.2, 0) is 18.3 Å². The van der Waals surface area contributed by atoms with Crippen LogP contribution in [0.5, 0.6) is 0 Å². The van der Waals surface area contributed by atoms with Crippen molar-refractivity contribution in [1.29, 1.82) is 0 Å². The van der Waals surface area contributed by atoms with Gasteiger partial charge in [0.15, 0.2) is 5.69 Å². The molecule has 0 fully saturated rings. The van der Waals surface area contributed by atoms with Crippen molar-refractivity contribution < 1.29 is 14.7 Å². The molecular weight excluding hydrogens is 174 g/mol. The maximum Gasteiger partial charge on any atom is 0.358 e. The van der Waals surface area contributed by atoms with E-state index in [-0.39, 0.29) is 12.2 Å². The molecule has 0 amide bonds. The molecule has 0 saturated carbocycles. The zero-order valence-corrected chi connectivity index (χ0v) is 7.44. The third-order valence-electron chi connectivity index (χ3n) is 1.63. The quantitative estimate of drug-likeness (QED) is 0.498. The number of aryl methyl sites for hydroxylation is 1. The number of esters is 1. The topological polar surface area (TPSA) is 76.4 Å². The van der Waals surface area contributed by atoms with E-state index in [1.165, 1.54) is 11.8 Å². The van der Waals surface area contributed by atoms with Gasteiger partial charge in [-0.3, -0.25) is 4.68 Å². The Balaban J connectivity index is 2.88. The molecule has 13 heavy (non-hydrogen) atoms. The number of ether oxygens (including phenoxy) is 1. The van der Waals surface area contributed by atoms with Crippen molar-refractivity contribution >= 4 is 5.97 Å². The fraction of sp³-hybridized carbons (Fsp3) is 0.429. The molecule has 0 spiro atoms. The number of aromatic nitrogens is 2. The van der Waals surface area contributed by atoms with Gasteiger partial charge < -0.3 is 9.94 Å². The van der Waals surface area contributed by atoms with E-state index in [0.717, 1.165) is 0 Å². The lowest BCUT2D eigenvalue weighted by atomic mass is 10.3. The molecule has 2 N–H and O–H groups in total. The van der Waals surface area contributed by atoms with Gasteiger partial charge in [-0.1, -0.05) is 0 Å². The first-order valence-corrected chi connectivity index (χ1v) is 3.67. The van der Waals surface area contributed by atoms with Crippen LogP contribution in [0.2, 0.25) is 0 Å². The monoisotopic (exact) mass is 185 g/mol.